The molecule has 2 amide bonds. The Morgan fingerprint density at radius 2 is 1.54 bits per heavy atom. The van der Waals surface area contributed by atoms with Crippen LogP contribution in [0.3, 0.4) is 0 Å². The van der Waals surface area contributed by atoms with Crippen LogP contribution in [0.2, 0.25) is 5.02 Å². The fraction of sp³-hybridized carbons (Fsp3) is 0.250. The zero-order valence-corrected chi connectivity index (χ0v) is 15.8. The number of rotatable bonds is 3. The van der Waals surface area contributed by atoms with Gasteiger partial charge in [0.15, 0.2) is 0 Å². The van der Waals surface area contributed by atoms with E-state index < -0.39 is 0 Å². The number of nitrogens with one attached hydrogen (secondary N) is 2. The lowest BCUT2D eigenvalue weighted by Crippen LogP contribution is -2.51. The number of amides is 2. The van der Waals surface area contributed by atoms with Crippen LogP contribution >= 0.6 is 11.6 Å². The first-order valence-electron chi connectivity index (χ1n) is 9.03. The summed E-state index contributed by atoms with van der Waals surface area (Å²) in [6, 6.07) is 12.3. The van der Waals surface area contributed by atoms with Crippen LogP contribution in [0.4, 0.5) is 0 Å². The zero-order chi connectivity index (χ0) is 19.7. The van der Waals surface area contributed by atoms with Crippen molar-refractivity contribution in [3.63, 3.8) is 0 Å². The lowest BCUT2D eigenvalue weighted by atomic mass is 10.1. The third-order valence-electron chi connectivity index (χ3n) is 4.95. The molecule has 1 aromatic heterocycles. The van der Waals surface area contributed by atoms with Crippen molar-refractivity contribution >= 4 is 34.4 Å². The van der Waals surface area contributed by atoms with Crippen molar-refractivity contribution in [2.24, 2.45) is 0 Å². The number of aromatic amines is 2. The van der Waals surface area contributed by atoms with Gasteiger partial charge in [-0.3, -0.25) is 9.59 Å². The molecule has 2 heterocycles. The van der Waals surface area contributed by atoms with Crippen LogP contribution < -0.4 is 5.69 Å². The molecule has 4 rings (SSSR count). The van der Waals surface area contributed by atoms with Crippen molar-refractivity contribution in [3.8, 4) is 0 Å². The maximum atomic E-state index is 12.8. The monoisotopic (exact) mass is 398 g/mol. The Bertz CT molecular complexity index is 1080. The Hall–Kier alpha value is -3.06. The number of fused-ring (bicyclic) bond motifs is 1. The standard InChI is InChI=1S/C20H19ClN4O3/c21-15-4-1-13(2-5-15)11-18(26)24-7-9-25(10-8-24)19(27)14-3-6-16-17(12-14)23-20(28)22-16/h1-6,12H,7-11H2,(H2,22,23,28). The maximum Gasteiger partial charge on any atom is 0.323 e. The van der Waals surface area contributed by atoms with Gasteiger partial charge in [-0.1, -0.05) is 23.7 Å². The summed E-state index contributed by atoms with van der Waals surface area (Å²) in [6.45, 7) is 1.96. The molecule has 0 atom stereocenters. The molecule has 8 heteroatoms. The van der Waals surface area contributed by atoms with Gasteiger partial charge in [0.2, 0.25) is 5.91 Å². The topological polar surface area (TPSA) is 89.3 Å². The quantitative estimate of drug-likeness (QED) is 0.707. The summed E-state index contributed by atoms with van der Waals surface area (Å²) in [6.07, 6.45) is 0.322. The number of imidazole rings is 1. The normalized spacial score (nSPS) is 14.5. The number of aromatic nitrogens is 2. The van der Waals surface area contributed by atoms with E-state index >= 15 is 0 Å². The molecule has 2 aromatic carbocycles. The van der Waals surface area contributed by atoms with E-state index in [1.807, 2.05) is 12.1 Å². The molecule has 0 spiro atoms. The van der Waals surface area contributed by atoms with Crippen LogP contribution in [0.1, 0.15) is 15.9 Å². The third-order valence-corrected chi connectivity index (χ3v) is 5.20. The number of benzene rings is 2. The van der Waals surface area contributed by atoms with Crippen LogP contribution in [-0.4, -0.2) is 57.8 Å². The second-order valence-electron chi connectivity index (χ2n) is 6.82. The molecule has 0 unspecified atom stereocenters. The van der Waals surface area contributed by atoms with Gasteiger partial charge in [0.1, 0.15) is 0 Å². The fourth-order valence-electron chi connectivity index (χ4n) is 3.40. The number of piperazine rings is 1. The molecule has 7 nitrogen and oxygen atoms in total. The smallest absolute Gasteiger partial charge is 0.323 e. The van der Waals surface area contributed by atoms with Gasteiger partial charge in [0, 0.05) is 36.8 Å². The number of hydrogen-bond donors (Lipinski definition) is 2. The first kappa shape index (κ1) is 18.3. The Morgan fingerprint density at radius 3 is 2.25 bits per heavy atom. The van der Waals surface area contributed by atoms with Crippen molar-refractivity contribution in [2.75, 3.05) is 26.2 Å². The zero-order valence-electron chi connectivity index (χ0n) is 15.1. The first-order chi connectivity index (χ1) is 13.5. The van der Waals surface area contributed by atoms with Gasteiger partial charge in [0.05, 0.1) is 17.5 Å². The number of hydrogen-bond acceptors (Lipinski definition) is 3. The van der Waals surface area contributed by atoms with E-state index in [9.17, 15) is 14.4 Å². The van der Waals surface area contributed by atoms with E-state index in [1.165, 1.54) is 0 Å². The van der Waals surface area contributed by atoms with Gasteiger partial charge in [-0.25, -0.2) is 4.79 Å². The Labute approximate surface area is 165 Å². The van der Waals surface area contributed by atoms with Crippen molar-refractivity contribution in [1.82, 2.24) is 19.8 Å². The van der Waals surface area contributed by atoms with Crippen molar-refractivity contribution in [3.05, 3.63) is 69.1 Å². The molecule has 2 N–H and O–H groups in total. The highest BCUT2D eigenvalue weighted by atomic mass is 35.5. The van der Waals surface area contributed by atoms with Gasteiger partial charge < -0.3 is 19.8 Å². The van der Waals surface area contributed by atoms with Gasteiger partial charge in [0.25, 0.3) is 5.91 Å². The fourth-order valence-corrected chi connectivity index (χ4v) is 3.52. The average molecular weight is 399 g/mol. The molecule has 1 fully saturated rings. The highest BCUT2D eigenvalue weighted by Crippen LogP contribution is 2.15. The summed E-state index contributed by atoms with van der Waals surface area (Å²) in [4.78, 5) is 45.5. The van der Waals surface area contributed by atoms with E-state index in [-0.39, 0.29) is 17.5 Å². The van der Waals surface area contributed by atoms with Gasteiger partial charge in [-0.05, 0) is 35.9 Å². The van der Waals surface area contributed by atoms with Crippen molar-refractivity contribution < 1.29 is 9.59 Å². The number of carbonyl (C=O) groups excluding carboxylic acids is 2. The van der Waals surface area contributed by atoms with Crippen LogP contribution in [-0.2, 0) is 11.2 Å². The lowest BCUT2D eigenvalue weighted by Gasteiger charge is -2.35. The Morgan fingerprint density at radius 1 is 0.893 bits per heavy atom. The average Bonchev–Trinajstić information content (AvgIpc) is 3.08. The molecule has 0 bridgehead atoms. The largest absolute Gasteiger partial charge is 0.339 e. The molecule has 0 aliphatic carbocycles. The molecular formula is C20H19ClN4O3. The predicted molar refractivity (Wildman–Crippen MR) is 107 cm³/mol. The maximum absolute atomic E-state index is 12.8. The number of H-pyrrole nitrogens is 2. The van der Waals surface area contributed by atoms with Crippen LogP contribution in [0.25, 0.3) is 11.0 Å². The summed E-state index contributed by atoms with van der Waals surface area (Å²) in [5, 5.41) is 0.644. The van der Waals surface area contributed by atoms with Gasteiger partial charge >= 0.3 is 5.69 Å². The molecule has 0 radical (unpaired) electrons. The molecule has 1 saturated heterocycles. The summed E-state index contributed by atoms with van der Waals surface area (Å²) >= 11 is 5.87. The molecule has 1 aliphatic rings. The minimum Gasteiger partial charge on any atom is -0.339 e. The van der Waals surface area contributed by atoms with E-state index in [0.717, 1.165) is 5.56 Å². The van der Waals surface area contributed by atoms with Crippen LogP contribution in [0, 0.1) is 0 Å². The molecular weight excluding hydrogens is 380 g/mol. The minimum absolute atomic E-state index is 0.0424. The first-order valence-corrected chi connectivity index (χ1v) is 9.41. The van der Waals surface area contributed by atoms with Gasteiger partial charge in [-0.15, -0.1) is 0 Å². The van der Waals surface area contributed by atoms with Crippen LogP contribution in [0.15, 0.2) is 47.3 Å². The van der Waals surface area contributed by atoms with Crippen molar-refractivity contribution in [1.29, 1.82) is 0 Å². The van der Waals surface area contributed by atoms with Crippen LogP contribution in [0.5, 0.6) is 0 Å². The Balaban J connectivity index is 1.37. The summed E-state index contributed by atoms with van der Waals surface area (Å²) < 4.78 is 0. The summed E-state index contributed by atoms with van der Waals surface area (Å²) in [5.74, 6) is -0.0607. The summed E-state index contributed by atoms with van der Waals surface area (Å²) in [5.41, 5.74) is 2.41. The van der Waals surface area contributed by atoms with Gasteiger partial charge in [-0.2, -0.15) is 0 Å². The number of nitrogens with zero attached hydrogens (tertiary/aromatic N) is 2. The number of carbonyl (C=O) groups is 2. The third kappa shape index (κ3) is 3.80. The van der Waals surface area contributed by atoms with E-state index in [4.69, 9.17) is 11.6 Å². The molecule has 144 valence electrons. The molecule has 3 aromatic rings. The van der Waals surface area contributed by atoms with E-state index in [0.29, 0.717) is 54.2 Å². The molecule has 0 saturated carbocycles. The predicted octanol–water partition coefficient (Wildman–Crippen LogP) is 2.04. The summed E-state index contributed by atoms with van der Waals surface area (Å²) in [7, 11) is 0. The second kappa shape index (κ2) is 7.52. The molecule has 1 aliphatic heterocycles. The van der Waals surface area contributed by atoms with E-state index in [2.05, 4.69) is 9.97 Å². The second-order valence-corrected chi connectivity index (χ2v) is 7.25. The number of halogens is 1. The lowest BCUT2D eigenvalue weighted by molar-refractivity contribution is -0.131. The van der Waals surface area contributed by atoms with E-state index in [1.54, 1.807) is 40.1 Å². The highest BCUT2D eigenvalue weighted by Gasteiger charge is 2.25. The minimum atomic E-state index is -0.299. The van der Waals surface area contributed by atoms with Crippen molar-refractivity contribution in [2.45, 2.75) is 6.42 Å². The Kier molecular flexibility index (Phi) is 4.92. The highest BCUT2D eigenvalue weighted by molar-refractivity contribution is 6.30. The SMILES string of the molecule is O=C(Cc1ccc(Cl)cc1)N1CCN(C(=O)c2ccc3[nH]c(=O)[nH]c3c2)CC1. The molecule has 28 heavy (non-hydrogen) atoms.